The largest absolute Gasteiger partial charge is 0.307 e. The lowest BCUT2D eigenvalue weighted by Crippen LogP contribution is -2.29. The maximum Gasteiger partial charge on any atom is 0.0406 e. The van der Waals surface area contributed by atoms with Crippen LogP contribution in [0.4, 0.5) is 0 Å². The van der Waals surface area contributed by atoms with Gasteiger partial charge < -0.3 is 5.32 Å². The van der Waals surface area contributed by atoms with E-state index in [9.17, 15) is 0 Å². The van der Waals surface area contributed by atoms with E-state index in [2.05, 4.69) is 37.5 Å². The van der Waals surface area contributed by atoms with Gasteiger partial charge in [0.25, 0.3) is 0 Å². The zero-order valence-electron chi connectivity index (χ0n) is 10.3. The van der Waals surface area contributed by atoms with E-state index < -0.39 is 0 Å². The van der Waals surface area contributed by atoms with Crippen molar-refractivity contribution in [2.24, 2.45) is 0 Å². The highest BCUT2D eigenvalue weighted by atomic mass is 35.5. The van der Waals surface area contributed by atoms with E-state index in [0.29, 0.717) is 12.1 Å². The molecule has 0 heterocycles. The monoisotopic (exact) mass is 249 g/mol. The van der Waals surface area contributed by atoms with Gasteiger partial charge in [-0.15, -0.1) is 13.2 Å². The summed E-state index contributed by atoms with van der Waals surface area (Å²) < 4.78 is 0. The first-order valence-electron chi connectivity index (χ1n) is 5.90. The van der Waals surface area contributed by atoms with Crippen molar-refractivity contribution in [1.29, 1.82) is 0 Å². The van der Waals surface area contributed by atoms with Gasteiger partial charge in [-0.3, -0.25) is 0 Å². The fourth-order valence-corrected chi connectivity index (χ4v) is 1.95. The lowest BCUT2D eigenvalue weighted by atomic mass is 10.0. The predicted octanol–water partition coefficient (Wildman–Crippen LogP) is 4.51. The molecule has 0 aliphatic heterocycles. The second-order valence-corrected chi connectivity index (χ2v) is 4.66. The Balaban J connectivity index is 2.73. The zero-order valence-corrected chi connectivity index (χ0v) is 11.1. The zero-order chi connectivity index (χ0) is 12.7. The van der Waals surface area contributed by atoms with Crippen molar-refractivity contribution in [2.45, 2.75) is 31.8 Å². The maximum absolute atomic E-state index is 5.90. The van der Waals surface area contributed by atoms with Crippen molar-refractivity contribution in [1.82, 2.24) is 5.32 Å². The molecular weight excluding hydrogens is 230 g/mol. The molecular formula is C15H20ClN. The Hall–Kier alpha value is -1.05. The van der Waals surface area contributed by atoms with Gasteiger partial charge in [-0.25, -0.2) is 0 Å². The third-order valence-electron chi connectivity index (χ3n) is 2.68. The molecule has 0 aliphatic carbocycles. The standard InChI is InChI=1S/C15H20ClN/c1-4-6-12(3)17-15(7-5-2)13-8-10-14(16)11-9-13/h4-5,8-12,15,17H,1-2,6-7H2,3H3. The Kier molecular flexibility index (Phi) is 6.03. The third kappa shape index (κ3) is 4.76. The topological polar surface area (TPSA) is 12.0 Å². The van der Waals surface area contributed by atoms with Crippen LogP contribution in [-0.4, -0.2) is 6.04 Å². The molecule has 2 unspecified atom stereocenters. The Morgan fingerprint density at radius 2 is 1.76 bits per heavy atom. The first-order valence-corrected chi connectivity index (χ1v) is 6.28. The number of hydrogen-bond donors (Lipinski definition) is 1. The van der Waals surface area contributed by atoms with E-state index in [1.165, 1.54) is 5.56 Å². The van der Waals surface area contributed by atoms with Crippen LogP contribution in [0.1, 0.15) is 31.4 Å². The van der Waals surface area contributed by atoms with Crippen molar-refractivity contribution in [3.63, 3.8) is 0 Å². The molecule has 0 aliphatic rings. The van der Waals surface area contributed by atoms with Gasteiger partial charge in [0.05, 0.1) is 0 Å². The van der Waals surface area contributed by atoms with E-state index in [4.69, 9.17) is 11.6 Å². The van der Waals surface area contributed by atoms with E-state index in [1.807, 2.05) is 24.3 Å². The molecule has 0 aromatic heterocycles. The van der Waals surface area contributed by atoms with Gasteiger partial charge in [0.1, 0.15) is 0 Å². The van der Waals surface area contributed by atoms with Crippen LogP contribution < -0.4 is 5.32 Å². The van der Waals surface area contributed by atoms with E-state index in [-0.39, 0.29) is 0 Å². The lowest BCUT2D eigenvalue weighted by Gasteiger charge is -2.22. The van der Waals surface area contributed by atoms with Crippen LogP contribution in [0.5, 0.6) is 0 Å². The van der Waals surface area contributed by atoms with E-state index in [1.54, 1.807) is 0 Å². The number of rotatable bonds is 7. The normalized spacial score (nSPS) is 14.0. The highest BCUT2D eigenvalue weighted by molar-refractivity contribution is 6.30. The summed E-state index contributed by atoms with van der Waals surface area (Å²) >= 11 is 5.90. The second kappa shape index (κ2) is 7.31. The van der Waals surface area contributed by atoms with Gasteiger partial charge in [0, 0.05) is 17.1 Å². The Bertz CT molecular complexity index is 356. The molecule has 1 nitrogen and oxygen atoms in total. The van der Waals surface area contributed by atoms with Crippen molar-refractivity contribution < 1.29 is 0 Å². The summed E-state index contributed by atoms with van der Waals surface area (Å²) in [5.41, 5.74) is 1.24. The van der Waals surface area contributed by atoms with Crippen LogP contribution in [-0.2, 0) is 0 Å². The fraction of sp³-hybridized carbons (Fsp3) is 0.333. The predicted molar refractivity (Wildman–Crippen MR) is 76.4 cm³/mol. The summed E-state index contributed by atoms with van der Waals surface area (Å²) in [4.78, 5) is 0. The number of benzene rings is 1. The molecule has 2 atom stereocenters. The Morgan fingerprint density at radius 1 is 1.18 bits per heavy atom. The minimum absolute atomic E-state index is 0.291. The van der Waals surface area contributed by atoms with Crippen LogP contribution >= 0.6 is 11.6 Å². The summed E-state index contributed by atoms with van der Waals surface area (Å²) in [5, 5.41) is 4.34. The van der Waals surface area contributed by atoms with Crippen molar-refractivity contribution >= 4 is 11.6 Å². The SMILES string of the molecule is C=CCC(C)NC(CC=C)c1ccc(Cl)cc1. The van der Waals surface area contributed by atoms with Gasteiger partial charge in [-0.2, -0.15) is 0 Å². The van der Waals surface area contributed by atoms with Crippen LogP contribution in [0, 0.1) is 0 Å². The molecule has 1 aromatic rings. The maximum atomic E-state index is 5.90. The highest BCUT2D eigenvalue weighted by Gasteiger charge is 2.11. The lowest BCUT2D eigenvalue weighted by molar-refractivity contribution is 0.460. The summed E-state index contributed by atoms with van der Waals surface area (Å²) in [6.07, 6.45) is 5.74. The van der Waals surface area contributed by atoms with Crippen molar-refractivity contribution in [2.75, 3.05) is 0 Å². The summed E-state index contributed by atoms with van der Waals surface area (Å²) in [6, 6.07) is 8.67. The van der Waals surface area contributed by atoms with Gasteiger partial charge in [0.2, 0.25) is 0 Å². The van der Waals surface area contributed by atoms with Gasteiger partial charge >= 0.3 is 0 Å². The smallest absolute Gasteiger partial charge is 0.0406 e. The summed E-state index contributed by atoms with van der Waals surface area (Å²) in [5.74, 6) is 0. The van der Waals surface area contributed by atoms with Crippen molar-refractivity contribution in [3.8, 4) is 0 Å². The Morgan fingerprint density at radius 3 is 2.29 bits per heavy atom. The summed E-state index contributed by atoms with van der Waals surface area (Å²) in [7, 11) is 0. The minimum Gasteiger partial charge on any atom is -0.307 e. The van der Waals surface area contributed by atoms with Gasteiger partial charge in [-0.05, 0) is 37.5 Å². The van der Waals surface area contributed by atoms with Crippen LogP contribution in [0.15, 0.2) is 49.6 Å². The average molecular weight is 250 g/mol. The Labute approximate surface area is 109 Å². The number of nitrogens with one attached hydrogen (secondary N) is 1. The molecule has 1 rings (SSSR count). The molecule has 17 heavy (non-hydrogen) atoms. The highest BCUT2D eigenvalue weighted by Crippen LogP contribution is 2.20. The molecule has 0 bridgehead atoms. The van der Waals surface area contributed by atoms with E-state index in [0.717, 1.165) is 17.9 Å². The van der Waals surface area contributed by atoms with Gasteiger partial charge in [-0.1, -0.05) is 35.9 Å². The first-order chi connectivity index (χ1) is 8.17. The van der Waals surface area contributed by atoms with E-state index >= 15 is 0 Å². The fourth-order valence-electron chi connectivity index (χ4n) is 1.82. The summed E-state index contributed by atoms with van der Waals surface area (Å²) in [6.45, 7) is 9.73. The second-order valence-electron chi connectivity index (χ2n) is 4.22. The quantitative estimate of drug-likeness (QED) is 0.701. The molecule has 1 N–H and O–H groups in total. The minimum atomic E-state index is 0.291. The molecule has 0 spiro atoms. The number of hydrogen-bond acceptors (Lipinski definition) is 1. The number of halogens is 1. The van der Waals surface area contributed by atoms with Crippen LogP contribution in [0.2, 0.25) is 5.02 Å². The molecule has 0 fully saturated rings. The van der Waals surface area contributed by atoms with Crippen molar-refractivity contribution in [3.05, 3.63) is 60.2 Å². The molecule has 1 aromatic carbocycles. The molecule has 2 heteroatoms. The van der Waals surface area contributed by atoms with Crippen LogP contribution in [0.3, 0.4) is 0 Å². The van der Waals surface area contributed by atoms with Crippen LogP contribution in [0.25, 0.3) is 0 Å². The van der Waals surface area contributed by atoms with Gasteiger partial charge in [0.15, 0.2) is 0 Å². The third-order valence-corrected chi connectivity index (χ3v) is 2.93. The molecule has 0 saturated carbocycles. The average Bonchev–Trinajstić information content (AvgIpc) is 2.30. The molecule has 0 radical (unpaired) electrons. The first kappa shape index (κ1) is 14.0. The molecule has 0 saturated heterocycles. The molecule has 0 amide bonds. The molecule has 92 valence electrons.